The topological polar surface area (TPSA) is 75.6 Å². The van der Waals surface area contributed by atoms with Crippen LogP contribution in [0.5, 0.6) is 0 Å². The fourth-order valence-corrected chi connectivity index (χ4v) is 4.92. The summed E-state index contributed by atoms with van der Waals surface area (Å²) in [5.74, 6) is 2.29. The van der Waals surface area contributed by atoms with Gasteiger partial charge in [0.15, 0.2) is 0 Å². The van der Waals surface area contributed by atoms with E-state index >= 15 is 0 Å². The molecule has 0 N–H and O–H groups in total. The normalized spacial score (nSPS) is 36.1. The van der Waals surface area contributed by atoms with Gasteiger partial charge in [-0.05, 0) is 30.1 Å². The summed E-state index contributed by atoms with van der Waals surface area (Å²) in [5, 5.41) is 0. The fraction of sp³-hybridized carbons (Fsp3) is 0.667. The van der Waals surface area contributed by atoms with Crippen molar-refractivity contribution in [2.75, 3.05) is 39.4 Å². The van der Waals surface area contributed by atoms with Gasteiger partial charge in [-0.15, -0.1) is 0 Å². The summed E-state index contributed by atoms with van der Waals surface area (Å²) >= 11 is 0. The Labute approximate surface area is 146 Å². The minimum atomic E-state index is -0.0507. The van der Waals surface area contributed by atoms with Crippen LogP contribution in [0.25, 0.3) is 0 Å². The van der Waals surface area contributed by atoms with Gasteiger partial charge in [-0.2, -0.15) is 0 Å². The number of hydrogen-bond donors (Lipinski definition) is 0. The molecule has 132 valence electrons. The predicted molar refractivity (Wildman–Crippen MR) is 87.4 cm³/mol. The molecular formula is C18H22N4O3. The highest BCUT2D eigenvalue weighted by Crippen LogP contribution is 2.52. The van der Waals surface area contributed by atoms with Crippen LogP contribution in [0, 0.1) is 29.6 Å². The second-order valence-corrected chi connectivity index (χ2v) is 7.78. The smallest absolute Gasteiger partial charge is 0.274 e. The molecular weight excluding hydrogens is 320 g/mol. The van der Waals surface area contributed by atoms with E-state index in [0.29, 0.717) is 41.8 Å². The van der Waals surface area contributed by atoms with E-state index in [0.717, 1.165) is 39.3 Å². The number of aromatic nitrogens is 2. The molecule has 4 heterocycles. The van der Waals surface area contributed by atoms with Crippen LogP contribution >= 0.6 is 0 Å². The molecule has 0 bridgehead atoms. The van der Waals surface area contributed by atoms with Gasteiger partial charge in [0.25, 0.3) is 5.91 Å². The van der Waals surface area contributed by atoms with Gasteiger partial charge in [0.1, 0.15) is 5.69 Å². The molecule has 0 aromatic carbocycles. The highest BCUT2D eigenvalue weighted by Gasteiger charge is 2.59. The molecule has 2 amide bonds. The lowest BCUT2D eigenvalue weighted by Crippen LogP contribution is -2.43. The Morgan fingerprint density at radius 2 is 1.80 bits per heavy atom. The van der Waals surface area contributed by atoms with Crippen LogP contribution in [0.2, 0.25) is 0 Å². The van der Waals surface area contributed by atoms with Crippen molar-refractivity contribution in [1.29, 1.82) is 0 Å². The Balaban J connectivity index is 1.22. The maximum atomic E-state index is 12.8. The van der Waals surface area contributed by atoms with Crippen molar-refractivity contribution < 1.29 is 14.3 Å². The summed E-state index contributed by atoms with van der Waals surface area (Å²) in [4.78, 5) is 37.4. The molecule has 0 spiro atoms. The summed E-state index contributed by atoms with van der Waals surface area (Å²) in [6, 6.07) is 0. The van der Waals surface area contributed by atoms with Crippen LogP contribution in [0.4, 0.5) is 0 Å². The molecule has 4 aliphatic rings. The highest BCUT2D eigenvalue weighted by atomic mass is 16.5. The molecule has 1 aromatic heterocycles. The van der Waals surface area contributed by atoms with Crippen LogP contribution in [0.15, 0.2) is 18.6 Å². The minimum Gasteiger partial charge on any atom is -0.381 e. The summed E-state index contributed by atoms with van der Waals surface area (Å²) in [6.45, 7) is 4.59. The second kappa shape index (κ2) is 5.76. The summed E-state index contributed by atoms with van der Waals surface area (Å²) in [5.41, 5.74) is 0.401. The van der Waals surface area contributed by atoms with Gasteiger partial charge in [0.05, 0.1) is 19.4 Å². The summed E-state index contributed by atoms with van der Waals surface area (Å²) in [6.07, 6.45) is 5.60. The first kappa shape index (κ1) is 15.3. The van der Waals surface area contributed by atoms with Crippen LogP contribution in [0.1, 0.15) is 16.9 Å². The Morgan fingerprint density at radius 1 is 1.04 bits per heavy atom. The van der Waals surface area contributed by atoms with Gasteiger partial charge in [-0.1, -0.05) is 0 Å². The van der Waals surface area contributed by atoms with E-state index < -0.39 is 0 Å². The second-order valence-electron chi connectivity index (χ2n) is 7.78. The van der Waals surface area contributed by atoms with Crippen molar-refractivity contribution in [2.24, 2.45) is 29.6 Å². The first-order valence-corrected chi connectivity index (χ1v) is 9.14. The van der Waals surface area contributed by atoms with Crippen LogP contribution in [0.3, 0.4) is 0 Å². The molecule has 3 saturated heterocycles. The number of fused-ring (bicyclic) bond motifs is 2. The SMILES string of the molecule is O=C(c1cnccn1)N1CC[C@@H]2CN(C(=O)C3[C@H]4COC[C@@H]34)C[C@H]2C1. The molecule has 1 saturated carbocycles. The van der Waals surface area contributed by atoms with Crippen molar-refractivity contribution >= 4 is 11.8 Å². The number of likely N-dealkylation sites (tertiary alicyclic amines) is 2. The lowest BCUT2D eigenvalue weighted by molar-refractivity contribution is -0.133. The maximum Gasteiger partial charge on any atom is 0.274 e. The Hall–Kier alpha value is -2.02. The third-order valence-electron chi connectivity index (χ3n) is 6.42. The number of amides is 2. The number of rotatable bonds is 2. The zero-order chi connectivity index (χ0) is 17.0. The Bertz CT molecular complexity index is 687. The van der Waals surface area contributed by atoms with Gasteiger partial charge >= 0.3 is 0 Å². The molecule has 3 aliphatic heterocycles. The lowest BCUT2D eigenvalue weighted by Gasteiger charge is -2.33. The molecule has 1 aromatic rings. The minimum absolute atomic E-state index is 0.0507. The molecule has 5 rings (SSSR count). The van der Waals surface area contributed by atoms with Crippen molar-refractivity contribution in [1.82, 2.24) is 19.8 Å². The van der Waals surface area contributed by atoms with Gasteiger partial charge in [0.2, 0.25) is 5.91 Å². The van der Waals surface area contributed by atoms with E-state index in [1.807, 2.05) is 4.90 Å². The zero-order valence-corrected chi connectivity index (χ0v) is 14.1. The quantitative estimate of drug-likeness (QED) is 0.772. The summed E-state index contributed by atoms with van der Waals surface area (Å²) < 4.78 is 5.40. The number of carbonyl (C=O) groups is 2. The van der Waals surface area contributed by atoms with Gasteiger partial charge in [-0.25, -0.2) is 4.98 Å². The van der Waals surface area contributed by atoms with Crippen molar-refractivity contribution in [3.05, 3.63) is 24.3 Å². The molecule has 1 unspecified atom stereocenters. The number of hydrogen-bond acceptors (Lipinski definition) is 5. The first-order valence-electron chi connectivity index (χ1n) is 9.14. The first-order chi connectivity index (χ1) is 12.2. The number of ether oxygens (including phenoxy) is 1. The predicted octanol–water partition coefficient (Wildman–Crippen LogP) is 0.290. The molecule has 4 fully saturated rings. The van der Waals surface area contributed by atoms with Crippen molar-refractivity contribution in [3.63, 3.8) is 0 Å². The average molecular weight is 342 g/mol. The molecule has 7 nitrogen and oxygen atoms in total. The molecule has 25 heavy (non-hydrogen) atoms. The maximum absolute atomic E-state index is 12.8. The molecule has 0 radical (unpaired) electrons. The summed E-state index contributed by atoms with van der Waals surface area (Å²) in [7, 11) is 0. The molecule has 1 aliphatic carbocycles. The van der Waals surface area contributed by atoms with E-state index in [1.54, 1.807) is 12.4 Å². The monoisotopic (exact) mass is 342 g/mol. The number of nitrogens with zero attached hydrogens (tertiary/aromatic N) is 4. The number of carbonyl (C=O) groups excluding carboxylic acids is 2. The van der Waals surface area contributed by atoms with Gasteiger partial charge < -0.3 is 14.5 Å². The van der Waals surface area contributed by atoms with E-state index in [2.05, 4.69) is 14.9 Å². The fourth-order valence-electron chi connectivity index (χ4n) is 4.92. The van der Waals surface area contributed by atoms with Gasteiger partial charge in [0, 0.05) is 44.5 Å². The number of piperidine rings is 1. The van der Waals surface area contributed by atoms with E-state index in [4.69, 9.17) is 4.74 Å². The molecule has 5 atom stereocenters. The zero-order valence-electron chi connectivity index (χ0n) is 14.1. The third-order valence-corrected chi connectivity index (χ3v) is 6.42. The van der Waals surface area contributed by atoms with Crippen LogP contribution < -0.4 is 0 Å². The van der Waals surface area contributed by atoms with E-state index in [1.165, 1.54) is 6.20 Å². The highest BCUT2D eigenvalue weighted by molar-refractivity contribution is 5.92. The van der Waals surface area contributed by atoms with Crippen LogP contribution in [-0.2, 0) is 9.53 Å². The Kier molecular flexibility index (Phi) is 3.51. The average Bonchev–Trinajstić information content (AvgIpc) is 3.02. The van der Waals surface area contributed by atoms with Crippen LogP contribution in [-0.4, -0.2) is 71.0 Å². The standard InChI is InChI=1S/C18H22N4O3/c23-17(15-5-19-2-3-20-15)21-4-1-11-6-22(8-12(11)7-21)18(24)16-13-9-25-10-14(13)16/h2-3,5,11-14,16H,1,4,6-10H2/t11-,12-,13-,14+,16?/m1/s1. The third kappa shape index (κ3) is 2.52. The van der Waals surface area contributed by atoms with E-state index in [-0.39, 0.29) is 11.8 Å². The molecule has 7 heteroatoms. The van der Waals surface area contributed by atoms with Crippen molar-refractivity contribution in [3.8, 4) is 0 Å². The van der Waals surface area contributed by atoms with E-state index in [9.17, 15) is 9.59 Å². The largest absolute Gasteiger partial charge is 0.381 e. The van der Waals surface area contributed by atoms with Crippen molar-refractivity contribution in [2.45, 2.75) is 6.42 Å². The lowest BCUT2D eigenvalue weighted by atomic mass is 9.88. The Morgan fingerprint density at radius 3 is 2.56 bits per heavy atom. The van der Waals surface area contributed by atoms with Gasteiger partial charge in [-0.3, -0.25) is 14.6 Å².